The van der Waals surface area contributed by atoms with Crippen molar-refractivity contribution in [3.8, 4) is 5.69 Å². The monoisotopic (exact) mass is 491 g/mol. The summed E-state index contributed by atoms with van der Waals surface area (Å²) in [6, 6.07) is 7.51. The number of aromatic amines is 1. The molecule has 0 radical (unpaired) electrons. The molecule has 190 valence electrons. The summed E-state index contributed by atoms with van der Waals surface area (Å²) in [5.41, 5.74) is 1.59. The van der Waals surface area contributed by atoms with Crippen molar-refractivity contribution < 1.29 is 4.79 Å². The van der Waals surface area contributed by atoms with Crippen molar-refractivity contribution in [2.24, 2.45) is 0 Å². The molecule has 36 heavy (non-hydrogen) atoms. The number of aromatic nitrogens is 6. The number of aryl methyl sites for hydroxylation is 3. The van der Waals surface area contributed by atoms with Gasteiger partial charge in [-0.15, -0.1) is 0 Å². The summed E-state index contributed by atoms with van der Waals surface area (Å²) in [5.74, 6) is 0.503. The number of nitrogens with one attached hydrogen (secondary N) is 2. The lowest BCUT2D eigenvalue weighted by atomic mass is 10.2. The molecule has 0 fully saturated rings. The minimum absolute atomic E-state index is 0.144. The van der Waals surface area contributed by atoms with Gasteiger partial charge in [0.1, 0.15) is 5.82 Å². The van der Waals surface area contributed by atoms with Crippen molar-refractivity contribution in [1.82, 2.24) is 28.7 Å². The number of imidazole rings is 2. The van der Waals surface area contributed by atoms with Crippen LogP contribution in [0.25, 0.3) is 16.9 Å². The Morgan fingerprint density at radius 1 is 1.00 bits per heavy atom. The van der Waals surface area contributed by atoms with E-state index >= 15 is 0 Å². The fourth-order valence-corrected chi connectivity index (χ4v) is 4.27. The number of hydrogen-bond acceptors (Lipinski definition) is 5. The smallest absolute Gasteiger partial charge is 0.326 e. The molecule has 10 heteroatoms. The van der Waals surface area contributed by atoms with Gasteiger partial charge in [-0.3, -0.25) is 19.1 Å². The van der Waals surface area contributed by atoms with Crippen LogP contribution in [-0.2, 0) is 24.3 Å². The van der Waals surface area contributed by atoms with E-state index in [9.17, 15) is 14.4 Å². The van der Waals surface area contributed by atoms with Crippen molar-refractivity contribution in [1.29, 1.82) is 0 Å². The number of anilines is 1. The molecule has 3 aromatic heterocycles. The van der Waals surface area contributed by atoms with Gasteiger partial charge < -0.3 is 14.5 Å². The summed E-state index contributed by atoms with van der Waals surface area (Å²) in [6.07, 6.45) is 10.5. The van der Waals surface area contributed by atoms with Gasteiger partial charge in [0.25, 0.3) is 5.56 Å². The lowest BCUT2D eigenvalue weighted by molar-refractivity contribution is -0.116. The second-order valence-corrected chi connectivity index (χ2v) is 8.89. The SMILES string of the molecule is CCCCCn1c(CCC(=O)Nc2ccc(-n3ccnc3)cc2)nc2c1c(=O)[nH]c(=O)n2CCCC. The van der Waals surface area contributed by atoms with E-state index in [1.807, 2.05) is 46.5 Å². The van der Waals surface area contributed by atoms with Crippen molar-refractivity contribution in [3.05, 3.63) is 69.6 Å². The van der Waals surface area contributed by atoms with Gasteiger partial charge in [-0.25, -0.2) is 14.8 Å². The van der Waals surface area contributed by atoms with E-state index in [2.05, 4.69) is 22.2 Å². The Balaban J connectivity index is 1.53. The van der Waals surface area contributed by atoms with Crippen LogP contribution >= 0.6 is 0 Å². The third-order valence-electron chi connectivity index (χ3n) is 6.21. The minimum atomic E-state index is -0.442. The van der Waals surface area contributed by atoms with E-state index < -0.39 is 11.2 Å². The van der Waals surface area contributed by atoms with Gasteiger partial charge in [-0.1, -0.05) is 33.1 Å². The quantitative estimate of drug-likeness (QED) is 0.293. The molecule has 4 rings (SSSR count). The highest BCUT2D eigenvalue weighted by Gasteiger charge is 2.19. The standard InChI is InChI=1S/C26H33N7O3/c1-3-5-7-16-32-21(29-24-23(32)25(35)30-26(36)33(24)15-6-4-2)12-13-22(34)28-19-8-10-20(11-9-19)31-17-14-27-18-31/h8-11,14,17-18H,3-7,12-13,15-16H2,1-2H3,(H,28,34)(H,30,35,36). The second-order valence-electron chi connectivity index (χ2n) is 8.89. The van der Waals surface area contributed by atoms with Crippen molar-refractivity contribution in [2.45, 2.75) is 71.9 Å². The second kappa shape index (κ2) is 11.7. The number of unbranched alkanes of at least 4 members (excludes halogenated alkanes) is 3. The molecule has 1 amide bonds. The average molecular weight is 492 g/mol. The van der Waals surface area contributed by atoms with Gasteiger partial charge in [0.15, 0.2) is 11.2 Å². The van der Waals surface area contributed by atoms with Crippen molar-refractivity contribution >= 4 is 22.8 Å². The van der Waals surface area contributed by atoms with Crippen LogP contribution in [0, 0.1) is 0 Å². The van der Waals surface area contributed by atoms with Gasteiger partial charge in [-0.2, -0.15) is 0 Å². The molecular weight excluding hydrogens is 458 g/mol. The van der Waals surface area contributed by atoms with E-state index in [1.165, 1.54) is 0 Å². The first kappa shape index (κ1) is 25.2. The zero-order valence-electron chi connectivity index (χ0n) is 20.9. The number of carbonyl (C=O) groups excluding carboxylic acids is 1. The molecule has 0 unspecified atom stereocenters. The van der Waals surface area contributed by atoms with Crippen LogP contribution in [0.4, 0.5) is 5.69 Å². The lowest BCUT2D eigenvalue weighted by Crippen LogP contribution is -2.31. The maximum Gasteiger partial charge on any atom is 0.330 e. The lowest BCUT2D eigenvalue weighted by Gasteiger charge is -2.10. The molecule has 0 aliphatic rings. The Morgan fingerprint density at radius 2 is 1.75 bits per heavy atom. The molecular formula is C26H33N7O3. The molecule has 0 saturated heterocycles. The number of hydrogen-bond donors (Lipinski definition) is 2. The van der Waals surface area contributed by atoms with Crippen molar-refractivity contribution in [3.63, 3.8) is 0 Å². The minimum Gasteiger partial charge on any atom is -0.326 e. The Labute approximate surface area is 209 Å². The molecule has 0 atom stereocenters. The number of nitrogens with zero attached hydrogens (tertiary/aromatic N) is 5. The zero-order chi connectivity index (χ0) is 25.5. The first-order chi connectivity index (χ1) is 17.5. The molecule has 0 saturated carbocycles. The Kier molecular flexibility index (Phi) is 8.14. The summed E-state index contributed by atoms with van der Waals surface area (Å²) in [4.78, 5) is 49.2. The van der Waals surface area contributed by atoms with E-state index in [1.54, 1.807) is 17.1 Å². The fraction of sp³-hybridized carbons (Fsp3) is 0.423. The van der Waals surface area contributed by atoms with Crippen LogP contribution in [0.1, 0.15) is 58.2 Å². The summed E-state index contributed by atoms with van der Waals surface area (Å²) in [5, 5.41) is 2.93. The van der Waals surface area contributed by atoms with Crippen LogP contribution in [0.15, 0.2) is 52.6 Å². The molecule has 10 nitrogen and oxygen atoms in total. The normalized spacial score (nSPS) is 11.3. The highest BCUT2D eigenvalue weighted by Crippen LogP contribution is 2.17. The third-order valence-corrected chi connectivity index (χ3v) is 6.21. The molecule has 0 bridgehead atoms. The van der Waals surface area contributed by atoms with E-state index in [-0.39, 0.29) is 12.3 Å². The van der Waals surface area contributed by atoms with Gasteiger partial charge in [-0.05, 0) is 37.1 Å². The third kappa shape index (κ3) is 5.64. The molecule has 2 N–H and O–H groups in total. The topological polar surface area (TPSA) is 120 Å². The number of H-pyrrole nitrogens is 1. The van der Waals surface area contributed by atoms with Crippen molar-refractivity contribution in [2.75, 3.05) is 5.32 Å². The zero-order valence-corrected chi connectivity index (χ0v) is 20.9. The average Bonchev–Trinajstić information content (AvgIpc) is 3.52. The molecule has 0 aliphatic heterocycles. The maximum atomic E-state index is 12.8. The van der Waals surface area contributed by atoms with Crippen LogP contribution in [0.5, 0.6) is 0 Å². The van der Waals surface area contributed by atoms with E-state index in [4.69, 9.17) is 4.98 Å². The number of carbonyl (C=O) groups is 1. The van der Waals surface area contributed by atoms with Crippen LogP contribution < -0.4 is 16.6 Å². The first-order valence-corrected chi connectivity index (χ1v) is 12.6. The highest BCUT2D eigenvalue weighted by molar-refractivity contribution is 5.90. The summed E-state index contributed by atoms with van der Waals surface area (Å²) in [6.45, 7) is 5.27. The molecule has 0 spiro atoms. The van der Waals surface area contributed by atoms with E-state index in [0.717, 1.165) is 37.8 Å². The number of rotatable bonds is 12. The highest BCUT2D eigenvalue weighted by atomic mass is 16.2. The van der Waals surface area contributed by atoms with E-state index in [0.29, 0.717) is 42.2 Å². The molecule has 4 aromatic rings. The predicted octanol–water partition coefficient (Wildman–Crippen LogP) is 3.63. The summed E-state index contributed by atoms with van der Waals surface area (Å²) in [7, 11) is 0. The maximum absolute atomic E-state index is 12.8. The predicted molar refractivity (Wildman–Crippen MR) is 140 cm³/mol. The largest absolute Gasteiger partial charge is 0.330 e. The Bertz CT molecular complexity index is 1410. The Hall–Kier alpha value is -3.95. The molecule has 1 aromatic carbocycles. The van der Waals surface area contributed by atoms with Crippen LogP contribution in [-0.4, -0.2) is 34.6 Å². The summed E-state index contributed by atoms with van der Waals surface area (Å²) < 4.78 is 5.32. The molecule has 0 aliphatic carbocycles. The van der Waals surface area contributed by atoms with Gasteiger partial charge in [0, 0.05) is 49.7 Å². The number of amides is 1. The van der Waals surface area contributed by atoms with Gasteiger partial charge in [0.2, 0.25) is 5.91 Å². The molecule has 3 heterocycles. The van der Waals surface area contributed by atoms with Gasteiger partial charge >= 0.3 is 5.69 Å². The first-order valence-electron chi connectivity index (χ1n) is 12.6. The fourth-order valence-electron chi connectivity index (χ4n) is 4.27. The van der Waals surface area contributed by atoms with Crippen LogP contribution in [0.3, 0.4) is 0 Å². The number of benzene rings is 1. The van der Waals surface area contributed by atoms with Crippen LogP contribution in [0.2, 0.25) is 0 Å². The van der Waals surface area contributed by atoms with Gasteiger partial charge in [0.05, 0.1) is 6.33 Å². The number of fused-ring (bicyclic) bond motifs is 1. The summed E-state index contributed by atoms with van der Waals surface area (Å²) >= 11 is 0. The Morgan fingerprint density at radius 3 is 2.44 bits per heavy atom.